The second-order valence-electron chi connectivity index (χ2n) is 6.26. The summed E-state index contributed by atoms with van der Waals surface area (Å²) < 4.78 is 4.77. The van der Waals surface area contributed by atoms with Gasteiger partial charge in [-0.3, -0.25) is 14.5 Å². The number of esters is 1. The van der Waals surface area contributed by atoms with Crippen LogP contribution in [0.15, 0.2) is 12.2 Å². The number of rotatable bonds is 3. The monoisotopic (exact) mass is 277 g/mol. The molecule has 0 unspecified atom stereocenters. The first-order valence-corrected chi connectivity index (χ1v) is 7.10. The number of amides is 2. The Bertz CT molecular complexity index is 480. The second-order valence-corrected chi connectivity index (χ2v) is 6.26. The molecule has 0 aromatic heterocycles. The lowest BCUT2D eigenvalue weighted by atomic mass is 9.85. The van der Waals surface area contributed by atoms with E-state index in [0.717, 1.165) is 6.42 Å². The molecule has 2 aliphatic carbocycles. The smallest absolute Gasteiger partial charge is 0.329 e. The fraction of sp³-hybridized carbons (Fsp3) is 0.667. The van der Waals surface area contributed by atoms with Gasteiger partial charge in [0.1, 0.15) is 6.04 Å². The molecule has 108 valence electrons. The maximum Gasteiger partial charge on any atom is 0.329 e. The third kappa shape index (κ3) is 1.58. The van der Waals surface area contributed by atoms with Gasteiger partial charge >= 0.3 is 5.97 Å². The highest BCUT2D eigenvalue weighted by molar-refractivity contribution is 6.09. The van der Waals surface area contributed by atoms with Gasteiger partial charge in [0.2, 0.25) is 11.8 Å². The molecule has 1 saturated carbocycles. The van der Waals surface area contributed by atoms with E-state index in [2.05, 4.69) is 0 Å². The quantitative estimate of drug-likeness (QED) is 0.438. The van der Waals surface area contributed by atoms with Crippen molar-refractivity contribution in [3.05, 3.63) is 12.2 Å². The summed E-state index contributed by atoms with van der Waals surface area (Å²) in [4.78, 5) is 38.4. The topological polar surface area (TPSA) is 63.7 Å². The fourth-order valence-corrected chi connectivity index (χ4v) is 4.00. The third-order valence-corrected chi connectivity index (χ3v) is 4.86. The molecule has 1 aliphatic heterocycles. The number of hydrogen-bond donors (Lipinski definition) is 0. The zero-order valence-corrected chi connectivity index (χ0v) is 11.9. The maximum absolute atomic E-state index is 12.6. The van der Waals surface area contributed by atoms with Crippen LogP contribution in [0.4, 0.5) is 0 Å². The van der Waals surface area contributed by atoms with Crippen molar-refractivity contribution in [2.24, 2.45) is 29.6 Å². The molecule has 3 aliphatic rings. The van der Waals surface area contributed by atoms with Gasteiger partial charge in [0.05, 0.1) is 18.9 Å². The van der Waals surface area contributed by atoms with E-state index in [1.807, 2.05) is 26.0 Å². The minimum absolute atomic E-state index is 0.153. The van der Waals surface area contributed by atoms with E-state index in [4.69, 9.17) is 4.74 Å². The van der Waals surface area contributed by atoms with Crippen LogP contribution in [-0.4, -0.2) is 35.8 Å². The van der Waals surface area contributed by atoms with Gasteiger partial charge in [-0.15, -0.1) is 0 Å². The number of ether oxygens (including phenoxy) is 1. The summed E-state index contributed by atoms with van der Waals surface area (Å²) in [6, 6.07) is -0.801. The summed E-state index contributed by atoms with van der Waals surface area (Å²) in [6.07, 6.45) is 4.98. The lowest BCUT2D eigenvalue weighted by Gasteiger charge is -2.28. The first-order valence-electron chi connectivity index (χ1n) is 7.10. The molecule has 1 saturated heterocycles. The Balaban J connectivity index is 1.94. The van der Waals surface area contributed by atoms with Crippen LogP contribution in [0, 0.1) is 29.6 Å². The second kappa shape index (κ2) is 4.43. The molecular weight excluding hydrogens is 258 g/mol. The van der Waals surface area contributed by atoms with Gasteiger partial charge in [0.15, 0.2) is 0 Å². The minimum atomic E-state index is -0.801. The molecule has 0 N–H and O–H groups in total. The molecule has 20 heavy (non-hydrogen) atoms. The Labute approximate surface area is 117 Å². The highest BCUT2D eigenvalue weighted by Crippen LogP contribution is 2.53. The zero-order chi connectivity index (χ0) is 14.6. The van der Waals surface area contributed by atoms with Crippen LogP contribution >= 0.6 is 0 Å². The van der Waals surface area contributed by atoms with Gasteiger partial charge < -0.3 is 4.74 Å². The first kappa shape index (κ1) is 13.3. The Kier molecular flexibility index (Phi) is 2.96. The SMILES string of the molecule is COC(=O)[C@H](C(C)C)N1C(=O)[C@@H]2[C@@H](C1=O)[C@H]1C=C[C@H]2C1. The lowest BCUT2D eigenvalue weighted by molar-refractivity contribution is -0.159. The van der Waals surface area contributed by atoms with Crippen LogP contribution in [0.5, 0.6) is 0 Å². The average molecular weight is 277 g/mol. The number of carbonyl (C=O) groups excluding carboxylic acids is 3. The predicted octanol–water partition coefficient (Wildman–Crippen LogP) is 0.991. The molecule has 0 radical (unpaired) electrons. The lowest BCUT2D eigenvalue weighted by Crippen LogP contribution is -2.49. The van der Waals surface area contributed by atoms with Crippen molar-refractivity contribution in [3.63, 3.8) is 0 Å². The van der Waals surface area contributed by atoms with Crippen molar-refractivity contribution >= 4 is 17.8 Å². The zero-order valence-electron chi connectivity index (χ0n) is 11.9. The normalized spacial score (nSPS) is 35.9. The van der Waals surface area contributed by atoms with Crippen LogP contribution in [0.3, 0.4) is 0 Å². The van der Waals surface area contributed by atoms with E-state index in [-0.39, 0.29) is 41.4 Å². The molecule has 5 nitrogen and oxygen atoms in total. The summed E-state index contributed by atoms with van der Waals surface area (Å²) in [5.41, 5.74) is 0. The molecule has 0 spiro atoms. The van der Waals surface area contributed by atoms with Gasteiger partial charge in [-0.2, -0.15) is 0 Å². The number of nitrogens with zero attached hydrogens (tertiary/aromatic N) is 1. The number of fused-ring (bicyclic) bond motifs is 5. The average Bonchev–Trinajstić information content (AvgIpc) is 3.07. The van der Waals surface area contributed by atoms with E-state index in [1.54, 1.807) is 0 Å². The van der Waals surface area contributed by atoms with Crippen LogP contribution in [0.1, 0.15) is 20.3 Å². The molecule has 2 fully saturated rings. The van der Waals surface area contributed by atoms with Crippen molar-refractivity contribution < 1.29 is 19.1 Å². The van der Waals surface area contributed by atoms with Crippen LogP contribution in [0.25, 0.3) is 0 Å². The summed E-state index contributed by atoms with van der Waals surface area (Å²) in [5, 5.41) is 0. The molecule has 2 bridgehead atoms. The number of hydrogen-bond acceptors (Lipinski definition) is 4. The van der Waals surface area contributed by atoms with Crippen molar-refractivity contribution in [1.82, 2.24) is 4.90 Å². The van der Waals surface area contributed by atoms with Crippen molar-refractivity contribution in [3.8, 4) is 0 Å². The Hall–Kier alpha value is -1.65. The molecule has 2 amide bonds. The van der Waals surface area contributed by atoms with E-state index in [0.29, 0.717) is 0 Å². The third-order valence-electron chi connectivity index (χ3n) is 4.86. The van der Waals surface area contributed by atoms with Gasteiger partial charge in [0, 0.05) is 0 Å². The molecule has 1 heterocycles. The van der Waals surface area contributed by atoms with E-state index in [1.165, 1.54) is 12.0 Å². The van der Waals surface area contributed by atoms with E-state index >= 15 is 0 Å². The molecule has 3 rings (SSSR count). The fourth-order valence-electron chi connectivity index (χ4n) is 4.00. The number of imide groups is 1. The standard InChI is InChI=1S/C15H19NO4/c1-7(2)12(15(19)20-3)16-13(17)10-8-4-5-9(6-8)11(10)14(16)18/h4-5,7-12H,6H2,1-3H3/t8-,9-,10-,11-,12-/m0/s1. The van der Waals surface area contributed by atoms with Crippen molar-refractivity contribution in [2.75, 3.05) is 7.11 Å². The van der Waals surface area contributed by atoms with Crippen molar-refractivity contribution in [1.29, 1.82) is 0 Å². The van der Waals surface area contributed by atoms with Gasteiger partial charge in [0.25, 0.3) is 0 Å². The Morgan fingerprint density at radius 3 is 2.10 bits per heavy atom. The first-order chi connectivity index (χ1) is 9.47. The Morgan fingerprint density at radius 1 is 1.20 bits per heavy atom. The summed E-state index contributed by atoms with van der Waals surface area (Å²) in [5.74, 6) is -1.25. The van der Waals surface area contributed by atoms with E-state index in [9.17, 15) is 14.4 Å². The van der Waals surface area contributed by atoms with Gasteiger partial charge in [-0.05, 0) is 24.2 Å². The molecule has 0 aromatic carbocycles. The summed E-state index contributed by atoms with van der Waals surface area (Å²) >= 11 is 0. The molecule has 5 heteroatoms. The van der Waals surface area contributed by atoms with E-state index < -0.39 is 12.0 Å². The van der Waals surface area contributed by atoms with Crippen LogP contribution < -0.4 is 0 Å². The number of methoxy groups -OCH3 is 1. The predicted molar refractivity (Wildman–Crippen MR) is 70.2 cm³/mol. The number of allylic oxidation sites excluding steroid dienone is 2. The summed E-state index contributed by atoms with van der Waals surface area (Å²) in [7, 11) is 1.29. The van der Waals surface area contributed by atoms with Crippen molar-refractivity contribution in [2.45, 2.75) is 26.3 Å². The molecule has 0 aromatic rings. The van der Waals surface area contributed by atoms with Gasteiger partial charge in [-0.25, -0.2) is 4.79 Å². The maximum atomic E-state index is 12.6. The van der Waals surface area contributed by atoms with Crippen LogP contribution in [-0.2, 0) is 19.1 Å². The number of carbonyl (C=O) groups is 3. The van der Waals surface area contributed by atoms with Gasteiger partial charge in [-0.1, -0.05) is 26.0 Å². The highest BCUT2D eigenvalue weighted by Gasteiger charge is 2.61. The minimum Gasteiger partial charge on any atom is -0.467 e. The van der Waals surface area contributed by atoms with Crippen LogP contribution in [0.2, 0.25) is 0 Å². The molecule has 5 atom stereocenters. The summed E-state index contributed by atoms with van der Waals surface area (Å²) in [6.45, 7) is 3.65. The highest BCUT2D eigenvalue weighted by atomic mass is 16.5. The number of likely N-dealkylation sites (tertiary alicyclic amines) is 1. The molecular formula is C15H19NO4. The Morgan fingerprint density at radius 2 is 1.70 bits per heavy atom. The largest absolute Gasteiger partial charge is 0.467 e.